The maximum Gasteiger partial charge on any atom is 0.407 e. The second-order valence-electron chi connectivity index (χ2n) is 11.1. The van der Waals surface area contributed by atoms with Crippen LogP contribution in [0.3, 0.4) is 0 Å². The smallest absolute Gasteiger partial charge is 0.407 e. The highest BCUT2D eigenvalue weighted by Gasteiger charge is 2.29. The number of carbonyl (C=O) groups is 1. The number of benzene rings is 3. The minimum absolute atomic E-state index is 0.0330. The van der Waals surface area contributed by atoms with Gasteiger partial charge in [-0.25, -0.2) is 14.0 Å². The zero-order valence-corrected chi connectivity index (χ0v) is 23.9. The summed E-state index contributed by atoms with van der Waals surface area (Å²) in [5.41, 5.74) is -0.602. The minimum Gasteiger partial charge on any atom is -0.497 e. The van der Waals surface area contributed by atoms with E-state index in [0.717, 1.165) is 11.6 Å². The third-order valence-corrected chi connectivity index (χ3v) is 6.85. The van der Waals surface area contributed by atoms with E-state index in [1.54, 1.807) is 62.1 Å². The maximum absolute atomic E-state index is 15.6. The van der Waals surface area contributed by atoms with Crippen LogP contribution in [0.15, 0.2) is 76.3 Å². The molecule has 0 bridgehead atoms. The summed E-state index contributed by atoms with van der Waals surface area (Å²) in [6, 6.07) is 18.2. The first-order valence-corrected chi connectivity index (χ1v) is 13.6. The van der Waals surface area contributed by atoms with Gasteiger partial charge in [0.25, 0.3) is 5.56 Å². The van der Waals surface area contributed by atoms with E-state index in [4.69, 9.17) is 14.3 Å². The van der Waals surface area contributed by atoms with E-state index in [2.05, 4.69) is 5.32 Å². The Morgan fingerprint density at radius 3 is 2.52 bits per heavy atom. The molecule has 1 amide bonds. The number of halogens is 1. The molecule has 1 atom stereocenters. The topological polar surface area (TPSA) is 104 Å². The Bertz CT molecular complexity index is 1730. The Labute approximate surface area is 241 Å². The lowest BCUT2D eigenvalue weighted by Gasteiger charge is -2.23. The number of hydrogen-bond acceptors (Lipinski definition) is 7. The third kappa shape index (κ3) is 6.09. The Morgan fingerprint density at radius 1 is 1.05 bits per heavy atom. The zero-order chi connectivity index (χ0) is 30.0. The van der Waals surface area contributed by atoms with Crippen LogP contribution in [0.1, 0.15) is 32.8 Å². The van der Waals surface area contributed by atoms with Crippen molar-refractivity contribution in [2.75, 3.05) is 25.1 Å². The molecule has 11 heteroatoms. The number of fused-ring (bicyclic) bond motifs is 1. The van der Waals surface area contributed by atoms with Gasteiger partial charge in [-0.2, -0.15) is 0 Å². The summed E-state index contributed by atoms with van der Waals surface area (Å²) in [6.07, 6.45) is 0.0187. The average Bonchev–Trinajstić information content (AvgIpc) is 3.40. The first-order chi connectivity index (χ1) is 20.0. The average molecular weight is 577 g/mol. The molecule has 220 valence electrons. The van der Waals surface area contributed by atoms with E-state index in [9.17, 15) is 14.4 Å². The van der Waals surface area contributed by atoms with Crippen LogP contribution in [0.25, 0.3) is 16.6 Å². The van der Waals surface area contributed by atoms with E-state index in [1.165, 1.54) is 17.7 Å². The van der Waals surface area contributed by atoms with Gasteiger partial charge in [0.1, 0.15) is 23.8 Å². The van der Waals surface area contributed by atoms with Gasteiger partial charge in [-0.1, -0.05) is 41.1 Å². The fourth-order valence-corrected chi connectivity index (χ4v) is 4.94. The van der Waals surface area contributed by atoms with Crippen molar-refractivity contribution in [1.29, 1.82) is 0 Å². The maximum atomic E-state index is 15.6. The molecule has 1 saturated heterocycles. The molecule has 0 aliphatic carbocycles. The summed E-state index contributed by atoms with van der Waals surface area (Å²) < 4.78 is 28.3. The van der Waals surface area contributed by atoms with Crippen molar-refractivity contribution in [2.45, 2.75) is 45.4 Å². The fourth-order valence-electron chi connectivity index (χ4n) is 4.94. The van der Waals surface area contributed by atoms with Crippen LogP contribution in [0.4, 0.5) is 14.9 Å². The number of nitrogens with one attached hydrogen (secondary N) is 1. The summed E-state index contributed by atoms with van der Waals surface area (Å²) in [5.74, 6) is -0.142. The van der Waals surface area contributed by atoms with Crippen molar-refractivity contribution in [3.05, 3.63) is 98.9 Å². The largest absolute Gasteiger partial charge is 0.497 e. The summed E-state index contributed by atoms with van der Waals surface area (Å²) >= 11 is 0. The van der Waals surface area contributed by atoms with E-state index in [0.29, 0.717) is 35.7 Å². The van der Waals surface area contributed by atoms with Crippen LogP contribution in [-0.2, 0) is 11.3 Å². The SMILES string of the molecule is COc1cccc(-n2c(=O)n(OCc3ccccc3)c(=O)c3cc(F)c(N4CCC(NC(=O)OC(C)(C)C)C4)cc32)c1. The highest BCUT2D eigenvalue weighted by Crippen LogP contribution is 2.29. The lowest BCUT2D eigenvalue weighted by atomic mass is 10.1. The molecule has 1 aliphatic heterocycles. The van der Waals surface area contributed by atoms with Crippen molar-refractivity contribution in [3.63, 3.8) is 0 Å². The van der Waals surface area contributed by atoms with Gasteiger partial charge >= 0.3 is 11.8 Å². The third-order valence-electron chi connectivity index (χ3n) is 6.85. The van der Waals surface area contributed by atoms with E-state index >= 15 is 4.39 Å². The van der Waals surface area contributed by atoms with Crippen LogP contribution >= 0.6 is 0 Å². The van der Waals surface area contributed by atoms with E-state index in [1.807, 2.05) is 18.2 Å². The molecule has 42 heavy (non-hydrogen) atoms. The number of carbonyl (C=O) groups excluding carboxylic acids is 1. The lowest BCUT2D eigenvalue weighted by molar-refractivity contribution is 0.0509. The van der Waals surface area contributed by atoms with Gasteiger partial charge in [-0.3, -0.25) is 9.36 Å². The molecule has 0 spiro atoms. The molecule has 0 saturated carbocycles. The van der Waals surface area contributed by atoms with Crippen molar-refractivity contribution < 1.29 is 23.5 Å². The zero-order valence-electron chi connectivity index (χ0n) is 23.9. The normalized spacial score (nSPS) is 15.1. The molecule has 10 nitrogen and oxygen atoms in total. The van der Waals surface area contributed by atoms with Gasteiger partial charge < -0.3 is 24.5 Å². The Kier molecular flexibility index (Phi) is 7.93. The molecule has 1 aliphatic rings. The predicted octanol–water partition coefficient (Wildman–Crippen LogP) is 4.03. The molecule has 5 rings (SSSR count). The molecular weight excluding hydrogens is 543 g/mol. The summed E-state index contributed by atoms with van der Waals surface area (Å²) in [5, 5.41) is 2.80. The van der Waals surface area contributed by atoms with Gasteiger partial charge in [0.2, 0.25) is 0 Å². The standard InChI is InChI=1S/C31H33FN4O6/c1-31(2,3)42-29(38)33-21-13-14-34(18-21)27-17-26-24(16-25(27)32)28(37)36(41-19-20-9-6-5-7-10-20)30(39)35(26)22-11-8-12-23(15-22)40-4/h5-12,15-17,21H,13-14,18-19H2,1-4H3,(H,33,38). The number of anilines is 1. The van der Waals surface area contributed by atoms with Crippen molar-refractivity contribution >= 4 is 22.7 Å². The molecule has 2 heterocycles. The van der Waals surface area contributed by atoms with Gasteiger partial charge in [-0.15, -0.1) is 0 Å². The van der Waals surface area contributed by atoms with E-state index in [-0.39, 0.29) is 29.2 Å². The van der Waals surface area contributed by atoms with Crippen LogP contribution in [0, 0.1) is 5.82 Å². The predicted molar refractivity (Wildman–Crippen MR) is 157 cm³/mol. The molecule has 4 aromatic rings. The van der Waals surface area contributed by atoms with Crippen molar-refractivity contribution in [1.82, 2.24) is 14.6 Å². The summed E-state index contributed by atoms with van der Waals surface area (Å²) in [7, 11) is 1.51. The second kappa shape index (κ2) is 11.6. The number of alkyl carbamates (subject to hydrolysis) is 1. The molecule has 3 aromatic carbocycles. The Hall–Kier alpha value is -4.80. The van der Waals surface area contributed by atoms with Crippen LogP contribution in [-0.4, -0.2) is 47.2 Å². The Morgan fingerprint density at radius 2 is 1.81 bits per heavy atom. The quantitative estimate of drug-likeness (QED) is 0.354. The number of methoxy groups -OCH3 is 1. The fraction of sp³-hybridized carbons (Fsp3) is 0.323. The first-order valence-electron chi connectivity index (χ1n) is 13.6. The Balaban J connectivity index is 1.57. The first kappa shape index (κ1) is 28.7. The van der Waals surface area contributed by atoms with Crippen LogP contribution in [0.2, 0.25) is 0 Å². The van der Waals surface area contributed by atoms with Crippen LogP contribution < -0.4 is 31.0 Å². The van der Waals surface area contributed by atoms with Gasteiger partial charge in [-0.05, 0) is 57.0 Å². The highest BCUT2D eigenvalue weighted by molar-refractivity contribution is 5.84. The number of ether oxygens (including phenoxy) is 2. The minimum atomic E-state index is -0.776. The van der Waals surface area contributed by atoms with Gasteiger partial charge in [0.15, 0.2) is 0 Å². The number of amides is 1. The number of nitrogens with zero attached hydrogens (tertiary/aromatic N) is 3. The molecule has 0 radical (unpaired) electrons. The monoisotopic (exact) mass is 576 g/mol. The summed E-state index contributed by atoms with van der Waals surface area (Å²) in [6.45, 7) is 6.06. The van der Waals surface area contributed by atoms with Crippen LogP contribution in [0.5, 0.6) is 5.75 Å². The number of rotatable bonds is 7. The molecule has 1 fully saturated rings. The molecular formula is C31H33FN4O6. The molecule has 1 aromatic heterocycles. The van der Waals surface area contributed by atoms with Gasteiger partial charge in [0.05, 0.1) is 35.4 Å². The number of aromatic nitrogens is 2. The second-order valence-corrected chi connectivity index (χ2v) is 11.1. The number of hydrogen-bond donors (Lipinski definition) is 1. The van der Waals surface area contributed by atoms with E-state index < -0.39 is 28.8 Å². The van der Waals surface area contributed by atoms with Crippen molar-refractivity contribution in [2.24, 2.45) is 0 Å². The van der Waals surface area contributed by atoms with Crippen molar-refractivity contribution in [3.8, 4) is 11.4 Å². The molecule has 1 N–H and O–H groups in total. The highest BCUT2D eigenvalue weighted by atomic mass is 19.1. The summed E-state index contributed by atoms with van der Waals surface area (Å²) in [4.78, 5) is 47.1. The molecule has 1 unspecified atom stereocenters. The lowest BCUT2D eigenvalue weighted by Crippen LogP contribution is -2.43. The van der Waals surface area contributed by atoms with Gasteiger partial charge in [0, 0.05) is 19.2 Å².